The van der Waals surface area contributed by atoms with E-state index in [0.717, 1.165) is 5.56 Å². The molecule has 0 atom stereocenters. The smallest absolute Gasteiger partial charge is 0.338 e. The number of esters is 1. The molecule has 0 fully saturated rings. The van der Waals surface area contributed by atoms with Gasteiger partial charge in [-0.05, 0) is 45.0 Å². The number of aliphatic hydroxyl groups excluding tert-OH is 2. The Morgan fingerprint density at radius 1 is 0.879 bits per heavy atom. The van der Waals surface area contributed by atoms with Crippen LogP contribution in [0.25, 0.3) is 0 Å². The minimum atomic E-state index is -4.24. The van der Waals surface area contributed by atoms with Gasteiger partial charge in [-0.15, -0.1) is 10.3 Å². The third-order valence-corrected chi connectivity index (χ3v) is 10.0. The third-order valence-electron chi connectivity index (χ3n) is 4.65. The number of ether oxygens (including phenoxy) is 1. The highest BCUT2D eigenvalue weighted by Gasteiger charge is 2.34. The number of benzene rings is 2. The van der Waals surface area contributed by atoms with E-state index in [2.05, 4.69) is 0 Å². The first-order valence-electron chi connectivity index (χ1n) is 10.4. The molecule has 2 aromatic rings. The average molecular weight is 499 g/mol. The summed E-state index contributed by atoms with van der Waals surface area (Å²) in [5, 5.41) is 19.2. The van der Waals surface area contributed by atoms with Crippen molar-refractivity contribution in [1.82, 2.24) is 0 Å². The van der Waals surface area contributed by atoms with Crippen LogP contribution in [0, 0.1) is 6.92 Å². The fraction of sp³-hybridized carbons (Fsp3) is 0.391. The van der Waals surface area contributed by atoms with Crippen molar-refractivity contribution < 1.29 is 36.6 Å². The Morgan fingerprint density at radius 3 is 1.88 bits per heavy atom. The molecular formula is C23H30O8S2. The molecule has 0 saturated heterocycles. The number of rotatable bonds is 12. The van der Waals surface area contributed by atoms with E-state index in [1.807, 2.05) is 6.92 Å². The number of aryl methyl sites for hydroxylation is 1. The Balaban J connectivity index is 2.29. The van der Waals surface area contributed by atoms with Crippen molar-refractivity contribution in [2.24, 2.45) is 0 Å². The lowest BCUT2D eigenvalue weighted by Crippen LogP contribution is -2.27. The first-order chi connectivity index (χ1) is 15.5. The normalized spacial score (nSPS) is 12.5. The van der Waals surface area contributed by atoms with Gasteiger partial charge >= 0.3 is 16.1 Å². The molecule has 0 aliphatic rings. The molecular weight excluding hydrogens is 468 g/mol. The Kier molecular flexibility index (Phi) is 9.62. The van der Waals surface area contributed by atoms with Gasteiger partial charge in [-0.1, -0.05) is 29.8 Å². The van der Waals surface area contributed by atoms with Gasteiger partial charge in [0.25, 0.3) is 0 Å². The number of aliphatic hydroxyl groups is 2. The van der Waals surface area contributed by atoms with Crippen LogP contribution in [-0.2, 0) is 18.5 Å². The predicted molar refractivity (Wildman–Crippen MR) is 127 cm³/mol. The minimum absolute atomic E-state index is 0.0682. The van der Waals surface area contributed by atoms with Gasteiger partial charge in [0.1, 0.15) is 0 Å². The van der Waals surface area contributed by atoms with Crippen LogP contribution in [0.5, 0.6) is 0 Å². The second kappa shape index (κ2) is 11.8. The molecule has 2 N–H and O–H groups in total. The molecule has 2 aromatic carbocycles. The monoisotopic (exact) mass is 498 g/mol. The molecule has 0 radical (unpaired) electrons. The molecule has 0 saturated carbocycles. The van der Waals surface area contributed by atoms with Crippen LogP contribution in [0.3, 0.4) is 0 Å². The van der Waals surface area contributed by atoms with Crippen LogP contribution in [0.4, 0.5) is 0 Å². The maximum Gasteiger partial charge on any atom is 0.338 e. The van der Waals surface area contributed by atoms with E-state index < -0.39 is 45.4 Å². The number of carbonyl (C=O) groups excluding carboxylic acids is 2. The van der Waals surface area contributed by atoms with Crippen molar-refractivity contribution in [3.63, 3.8) is 0 Å². The molecule has 0 aliphatic heterocycles. The molecule has 10 heteroatoms. The third kappa shape index (κ3) is 7.65. The number of Topliss-reactive ketones (excluding diaryl/α,β-unsaturated/α-hetero) is 1. The van der Waals surface area contributed by atoms with E-state index in [-0.39, 0.29) is 39.4 Å². The van der Waals surface area contributed by atoms with Crippen molar-refractivity contribution in [1.29, 1.82) is 0 Å². The van der Waals surface area contributed by atoms with Crippen molar-refractivity contribution in [2.45, 2.75) is 31.8 Å². The fourth-order valence-electron chi connectivity index (χ4n) is 3.00. The summed E-state index contributed by atoms with van der Waals surface area (Å²) in [5.41, 5.74) is 1.40. The quantitative estimate of drug-likeness (QED) is 0.338. The summed E-state index contributed by atoms with van der Waals surface area (Å²) >= 11 is 0. The van der Waals surface area contributed by atoms with Crippen LogP contribution in [0.2, 0.25) is 0 Å². The zero-order valence-electron chi connectivity index (χ0n) is 18.9. The van der Waals surface area contributed by atoms with Gasteiger partial charge in [0.05, 0.1) is 35.5 Å². The average Bonchev–Trinajstić information content (AvgIpc) is 2.73. The molecule has 33 heavy (non-hydrogen) atoms. The number of carbonyl (C=O) groups is 2. The van der Waals surface area contributed by atoms with E-state index >= 15 is 0 Å². The van der Waals surface area contributed by atoms with Crippen LogP contribution < -0.4 is 0 Å². The Hall–Kier alpha value is -2.24. The maximum absolute atomic E-state index is 13.0. The van der Waals surface area contributed by atoms with Crippen LogP contribution in [0.1, 0.15) is 40.1 Å². The summed E-state index contributed by atoms with van der Waals surface area (Å²) in [6.45, 7) is 4.45. The van der Waals surface area contributed by atoms with Gasteiger partial charge in [-0.2, -0.15) is 8.42 Å². The zero-order valence-corrected chi connectivity index (χ0v) is 20.5. The summed E-state index contributed by atoms with van der Waals surface area (Å²) in [6.07, 6.45) is -0.285. The lowest BCUT2D eigenvalue weighted by Gasteiger charge is -2.36. The number of hydrogen-bond donors (Lipinski definition) is 2. The summed E-state index contributed by atoms with van der Waals surface area (Å²) in [4.78, 5) is 24.9. The molecule has 0 aromatic heterocycles. The van der Waals surface area contributed by atoms with Gasteiger partial charge in [-0.3, -0.25) is 4.79 Å². The lowest BCUT2D eigenvalue weighted by atomic mass is 10.1. The van der Waals surface area contributed by atoms with Gasteiger partial charge in [-0.25, -0.2) is 8.42 Å². The fourth-order valence-corrected chi connectivity index (χ4v) is 7.85. The number of ketones is 1. The number of hydrogen-bond acceptors (Lipinski definition) is 8. The van der Waals surface area contributed by atoms with E-state index in [9.17, 15) is 28.2 Å². The molecule has 182 valence electrons. The lowest BCUT2D eigenvalue weighted by molar-refractivity contribution is 0.0377. The van der Waals surface area contributed by atoms with Gasteiger partial charge in [0, 0.05) is 17.1 Å². The molecule has 0 aliphatic carbocycles. The molecule has 0 heterocycles. The van der Waals surface area contributed by atoms with Crippen molar-refractivity contribution in [3.8, 4) is 0 Å². The second-order valence-electron chi connectivity index (χ2n) is 7.76. The van der Waals surface area contributed by atoms with Crippen molar-refractivity contribution >= 4 is 32.2 Å². The summed E-state index contributed by atoms with van der Waals surface area (Å²) < 4.78 is 36.5. The first kappa shape index (κ1) is 27.0. The van der Waals surface area contributed by atoms with Crippen LogP contribution in [-0.4, -0.2) is 67.0 Å². The molecule has 2 rings (SSSR count). The molecule has 0 bridgehead atoms. The molecule has 8 nitrogen and oxygen atoms in total. The Morgan fingerprint density at radius 2 is 1.39 bits per heavy atom. The van der Waals surface area contributed by atoms with E-state index in [4.69, 9.17) is 8.37 Å². The SMILES string of the molecule is Cc1ccc(S(=O)(=O)OS(CCO)(CCO)CC(=O)c2ccc(C(=O)OC(C)C)cc2)cc1. The largest absolute Gasteiger partial charge is 0.459 e. The molecule has 0 amide bonds. The van der Waals surface area contributed by atoms with Gasteiger partial charge < -0.3 is 14.9 Å². The summed E-state index contributed by atoms with van der Waals surface area (Å²) in [7, 11) is -6.97. The predicted octanol–water partition coefficient (Wildman–Crippen LogP) is 2.85. The highest BCUT2D eigenvalue weighted by molar-refractivity contribution is 8.33. The summed E-state index contributed by atoms with van der Waals surface area (Å²) in [6, 6.07) is 11.9. The zero-order chi connectivity index (χ0) is 24.6. The molecule has 0 unspecified atom stereocenters. The van der Waals surface area contributed by atoms with Gasteiger partial charge in [0.2, 0.25) is 0 Å². The van der Waals surface area contributed by atoms with E-state index in [1.165, 1.54) is 36.4 Å². The first-order valence-corrected chi connectivity index (χ1v) is 13.8. The molecule has 0 spiro atoms. The van der Waals surface area contributed by atoms with Gasteiger partial charge in [0.15, 0.2) is 5.78 Å². The Bertz CT molecular complexity index is 1040. The van der Waals surface area contributed by atoms with Crippen molar-refractivity contribution in [2.75, 3.05) is 30.5 Å². The minimum Gasteiger partial charge on any atom is -0.459 e. The van der Waals surface area contributed by atoms with E-state index in [1.54, 1.807) is 26.0 Å². The Labute approximate surface area is 196 Å². The topological polar surface area (TPSA) is 127 Å². The maximum atomic E-state index is 13.0. The van der Waals surface area contributed by atoms with Crippen molar-refractivity contribution in [3.05, 3.63) is 65.2 Å². The second-order valence-corrected chi connectivity index (χ2v) is 12.7. The van der Waals surface area contributed by atoms with Crippen LogP contribution in [0.15, 0.2) is 53.4 Å². The van der Waals surface area contributed by atoms with Crippen LogP contribution >= 0.6 is 10.3 Å². The highest BCUT2D eigenvalue weighted by Crippen LogP contribution is 2.51. The highest BCUT2D eigenvalue weighted by atomic mass is 32.3. The summed E-state index contributed by atoms with van der Waals surface area (Å²) in [5.74, 6) is -1.44. The van der Waals surface area contributed by atoms with E-state index in [0.29, 0.717) is 0 Å². The standard InChI is InChI=1S/C23H30O8S2/c1-17(2)30-23(27)20-8-6-19(7-9-20)22(26)16-32(14-12-24,15-13-25)31-33(28,29)21-10-4-18(3)5-11-21/h4-11,17,24-25H,12-16H2,1-3H3.